The second-order valence-corrected chi connectivity index (χ2v) is 12.6. The zero-order valence-corrected chi connectivity index (χ0v) is 25.9. The molecule has 2 aliphatic carbocycles. The number of methoxy groups -OCH3 is 1. The molecule has 5 rings (SSSR count). The van der Waals surface area contributed by atoms with Crippen LogP contribution in [0.5, 0.6) is 11.5 Å². The Morgan fingerprint density at radius 3 is 2.55 bits per heavy atom. The molecule has 0 bridgehead atoms. The second-order valence-electron chi connectivity index (χ2n) is 12.6. The van der Waals surface area contributed by atoms with Crippen LogP contribution in [0.2, 0.25) is 0 Å². The predicted molar refractivity (Wildman–Crippen MR) is 173 cm³/mol. The number of aryl methyl sites for hydroxylation is 1. The number of aromatic nitrogens is 1. The number of phenolic OH excluding ortho intramolecular Hbond substituents is 1. The zero-order valence-electron chi connectivity index (χ0n) is 25.9. The summed E-state index contributed by atoms with van der Waals surface area (Å²) in [7, 11) is 1.52. The van der Waals surface area contributed by atoms with E-state index in [1.807, 2.05) is 42.6 Å². The summed E-state index contributed by atoms with van der Waals surface area (Å²) in [5.74, 6) is 8.11. The van der Waals surface area contributed by atoms with Crippen molar-refractivity contribution in [3.8, 4) is 23.3 Å². The third kappa shape index (κ3) is 7.69. The molecule has 1 fully saturated rings. The van der Waals surface area contributed by atoms with Gasteiger partial charge in [-0.05, 0) is 84.4 Å². The maximum absolute atomic E-state index is 13.9. The Morgan fingerprint density at radius 1 is 1.00 bits per heavy atom. The molecule has 1 saturated carbocycles. The smallest absolute Gasteiger partial charge is 0.160 e. The molecular formula is C38H44N2O4. The van der Waals surface area contributed by atoms with Gasteiger partial charge in [-0.3, -0.25) is 9.59 Å². The summed E-state index contributed by atoms with van der Waals surface area (Å²) in [5.41, 5.74) is 9.78. The molecule has 3 N–H and O–H groups in total. The molecule has 6 nitrogen and oxygen atoms in total. The van der Waals surface area contributed by atoms with Gasteiger partial charge in [-0.15, -0.1) is 0 Å². The quantitative estimate of drug-likeness (QED) is 0.225. The molecule has 1 heterocycles. The molecule has 5 unspecified atom stereocenters. The highest BCUT2D eigenvalue weighted by atomic mass is 16.5. The van der Waals surface area contributed by atoms with Crippen LogP contribution in [0, 0.1) is 35.5 Å². The highest BCUT2D eigenvalue weighted by Crippen LogP contribution is 2.41. The fourth-order valence-electron chi connectivity index (χ4n) is 7.15. The van der Waals surface area contributed by atoms with Crippen molar-refractivity contribution in [3.63, 3.8) is 0 Å². The topological polar surface area (TPSA) is 103 Å². The van der Waals surface area contributed by atoms with Gasteiger partial charge in [0.25, 0.3) is 0 Å². The van der Waals surface area contributed by atoms with Gasteiger partial charge in [-0.1, -0.05) is 74.4 Å². The first-order valence-corrected chi connectivity index (χ1v) is 16.0. The number of pyridine rings is 1. The number of benzene rings is 2. The molecule has 0 spiro atoms. The number of phenols is 1. The van der Waals surface area contributed by atoms with Crippen LogP contribution in [0.1, 0.15) is 86.5 Å². The summed E-state index contributed by atoms with van der Waals surface area (Å²) in [6.07, 6.45) is 9.26. The van der Waals surface area contributed by atoms with E-state index in [9.17, 15) is 14.7 Å². The van der Waals surface area contributed by atoms with Crippen LogP contribution in [0.25, 0.3) is 0 Å². The second kappa shape index (κ2) is 14.6. The first kappa shape index (κ1) is 31.3. The molecule has 3 aromatic rings. The number of nitrogens with two attached hydrogens (primary N) is 1. The number of anilines is 1. The van der Waals surface area contributed by atoms with E-state index >= 15 is 0 Å². The van der Waals surface area contributed by atoms with Crippen LogP contribution >= 0.6 is 0 Å². The minimum absolute atomic E-state index is 0.0333. The highest BCUT2D eigenvalue weighted by molar-refractivity contribution is 6.00. The number of Topliss-reactive ketones (excluding diaryl/α,β-unsaturated/α-hetero) is 2. The maximum Gasteiger partial charge on any atom is 0.160 e. The number of nitrogens with zero attached hydrogens (tertiary/aromatic N) is 1. The predicted octanol–water partition coefficient (Wildman–Crippen LogP) is 7.07. The maximum atomic E-state index is 13.9. The Labute approximate surface area is 261 Å². The summed E-state index contributed by atoms with van der Waals surface area (Å²) in [4.78, 5) is 31.5. The molecule has 0 amide bonds. The standard InChI is InChI=1S/C38H44N2O4/c1-3-4-8-25-17-27(18-26-11-16-38(39)40-24-26)19-29-13-15-32(28-9-6-5-7-10-28)33-23-36(43)37(44-2)21-30(33)12-14-31(41)22-35(42)34(29)20-25/h5-7,9-11,16,21,23-25,27,29,32,34,43H,3-4,8,12,14,17-20,22H2,1-2H3,(H2,39,40). The first-order valence-electron chi connectivity index (χ1n) is 16.0. The van der Waals surface area contributed by atoms with Crippen LogP contribution in [-0.2, 0) is 22.4 Å². The lowest BCUT2D eigenvalue weighted by molar-refractivity contribution is -0.130. The summed E-state index contributed by atoms with van der Waals surface area (Å²) < 4.78 is 5.42. The van der Waals surface area contributed by atoms with E-state index in [0.29, 0.717) is 29.8 Å². The summed E-state index contributed by atoms with van der Waals surface area (Å²) in [6.45, 7) is 2.21. The van der Waals surface area contributed by atoms with Crippen molar-refractivity contribution >= 4 is 17.4 Å². The summed E-state index contributed by atoms with van der Waals surface area (Å²) >= 11 is 0. The van der Waals surface area contributed by atoms with Crippen LogP contribution < -0.4 is 10.5 Å². The molecule has 0 aliphatic heterocycles. The van der Waals surface area contributed by atoms with Crippen LogP contribution in [0.4, 0.5) is 5.82 Å². The highest BCUT2D eigenvalue weighted by Gasteiger charge is 2.37. The molecule has 6 heteroatoms. The molecular weight excluding hydrogens is 548 g/mol. The van der Waals surface area contributed by atoms with Gasteiger partial charge in [-0.2, -0.15) is 0 Å². The van der Waals surface area contributed by atoms with Gasteiger partial charge in [0, 0.05) is 24.5 Å². The number of fused-ring (bicyclic) bond motifs is 2. The first-order chi connectivity index (χ1) is 21.3. The number of nitrogen functional groups attached to an aromatic ring is 1. The van der Waals surface area contributed by atoms with Gasteiger partial charge in [0.05, 0.1) is 19.4 Å². The number of rotatable bonds is 7. The average molecular weight is 593 g/mol. The molecule has 0 radical (unpaired) electrons. The Morgan fingerprint density at radius 2 is 1.82 bits per heavy atom. The fourth-order valence-corrected chi connectivity index (χ4v) is 7.15. The van der Waals surface area contributed by atoms with Crippen molar-refractivity contribution < 1.29 is 19.4 Å². The van der Waals surface area contributed by atoms with Crippen molar-refractivity contribution in [1.29, 1.82) is 0 Å². The number of carbonyl (C=O) groups is 2. The van der Waals surface area contributed by atoms with Crippen molar-refractivity contribution in [2.75, 3.05) is 12.8 Å². The molecule has 2 aliphatic rings. The van der Waals surface area contributed by atoms with E-state index in [0.717, 1.165) is 67.2 Å². The van der Waals surface area contributed by atoms with E-state index in [1.165, 1.54) is 7.11 Å². The van der Waals surface area contributed by atoms with E-state index < -0.39 is 0 Å². The zero-order chi connectivity index (χ0) is 31.1. The molecule has 230 valence electrons. The van der Waals surface area contributed by atoms with Gasteiger partial charge < -0.3 is 15.6 Å². The number of unbranched alkanes of at least 4 members (excludes halogenated alkanes) is 1. The number of ether oxygens (including phenoxy) is 1. The number of hydrogen-bond acceptors (Lipinski definition) is 6. The van der Waals surface area contributed by atoms with E-state index in [2.05, 4.69) is 35.9 Å². The third-order valence-electron chi connectivity index (χ3n) is 9.42. The van der Waals surface area contributed by atoms with E-state index in [4.69, 9.17) is 10.5 Å². The van der Waals surface area contributed by atoms with Gasteiger partial charge in [0.15, 0.2) is 11.5 Å². The van der Waals surface area contributed by atoms with Crippen LogP contribution in [0.3, 0.4) is 0 Å². The normalized spacial score (nSPS) is 24.0. The summed E-state index contributed by atoms with van der Waals surface area (Å²) in [6, 6.07) is 17.5. The van der Waals surface area contributed by atoms with Crippen molar-refractivity contribution in [3.05, 3.63) is 83.0 Å². The van der Waals surface area contributed by atoms with E-state index in [-0.39, 0.29) is 47.9 Å². The molecule has 1 aromatic heterocycles. The Kier molecular flexibility index (Phi) is 10.4. The molecule has 44 heavy (non-hydrogen) atoms. The summed E-state index contributed by atoms with van der Waals surface area (Å²) in [5, 5.41) is 10.8. The lowest BCUT2D eigenvalue weighted by Gasteiger charge is -2.24. The lowest BCUT2D eigenvalue weighted by Crippen LogP contribution is -2.27. The number of ketones is 2. The fraction of sp³-hybridized carbons (Fsp3) is 0.447. The number of hydrogen-bond donors (Lipinski definition) is 2. The van der Waals surface area contributed by atoms with Gasteiger partial charge >= 0.3 is 0 Å². The van der Waals surface area contributed by atoms with Gasteiger partial charge in [0.2, 0.25) is 0 Å². The minimum atomic E-state index is -0.327. The Hall–Kier alpha value is -4.11. The van der Waals surface area contributed by atoms with Crippen LogP contribution in [-0.4, -0.2) is 28.8 Å². The third-order valence-corrected chi connectivity index (χ3v) is 9.42. The van der Waals surface area contributed by atoms with Crippen molar-refractivity contribution in [2.24, 2.45) is 23.7 Å². The van der Waals surface area contributed by atoms with Crippen LogP contribution in [0.15, 0.2) is 60.8 Å². The number of aromatic hydroxyl groups is 1. The Bertz CT molecular complexity index is 1510. The lowest BCUT2D eigenvalue weighted by atomic mass is 9.78. The van der Waals surface area contributed by atoms with Crippen molar-refractivity contribution in [1.82, 2.24) is 4.98 Å². The average Bonchev–Trinajstić information content (AvgIpc) is 3.19. The molecule has 5 atom stereocenters. The monoisotopic (exact) mass is 592 g/mol. The largest absolute Gasteiger partial charge is 0.504 e. The molecule has 0 saturated heterocycles. The minimum Gasteiger partial charge on any atom is -0.504 e. The SMILES string of the molecule is CCCCC1CC(Cc2ccc(N)nc2)CC2C#CC(c3ccccc3)c3cc(O)c(OC)cc3CCC(=O)CC(=O)C2C1. The number of carbonyl (C=O) groups excluding carboxylic acids is 2. The van der Waals surface area contributed by atoms with Crippen molar-refractivity contribution in [2.45, 2.75) is 77.0 Å². The van der Waals surface area contributed by atoms with E-state index in [1.54, 1.807) is 6.07 Å². The van der Waals surface area contributed by atoms with Gasteiger partial charge in [-0.25, -0.2) is 4.98 Å². The molecule has 2 aromatic carbocycles. The van der Waals surface area contributed by atoms with Gasteiger partial charge in [0.1, 0.15) is 17.4 Å². The Balaban J connectivity index is 1.60.